The Hall–Kier alpha value is -4.27. The Morgan fingerprint density at radius 1 is 0.766 bits per heavy atom. The van der Waals surface area contributed by atoms with Gasteiger partial charge in [0, 0.05) is 65.8 Å². The highest BCUT2D eigenvalue weighted by Crippen LogP contribution is 2.34. The molecule has 0 radical (unpaired) electrons. The summed E-state index contributed by atoms with van der Waals surface area (Å²) in [6, 6.07) is 15.6. The molecule has 2 aromatic carbocycles. The minimum atomic E-state index is 0.0111. The first-order valence-electron chi connectivity index (χ1n) is 16.6. The van der Waals surface area contributed by atoms with E-state index in [0.717, 1.165) is 57.8 Å². The molecule has 6 aromatic rings. The molecule has 0 bridgehead atoms. The summed E-state index contributed by atoms with van der Waals surface area (Å²) in [5, 5.41) is 6.04. The number of halogens is 1. The fourth-order valence-electron chi connectivity index (χ4n) is 6.47. The van der Waals surface area contributed by atoms with Crippen LogP contribution in [0.1, 0.15) is 46.0 Å². The lowest BCUT2D eigenvalue weighted by molar-refractivity contribution is 0.271. The average Bonchev–Trinajstić information content (AvgIpc) is 4.01. The molecule has 242 valence electrons. The van der Waals surface area contributed by atoms with Crippen LogP contribution in [0.15, 0.2) is 82.9 Å². The van der Waals surface area contributed by atoms with E-state index in [1.807, 2.05) is 57.7 Å². The number of hydrogen-bond donors (Lipinski definition) is 1. The fourth-order valence-corrected chi connectivity index (χ4v) is 6.64. The number of ether oxygens (including phenoxy) is 1. The molecule has 1 atom stereocenters. The van der Waals surface area contributed by atoms with Crippen molar-refractivity contribution >= 4 is 55.0 Å². The first-order valence-corrected chi connectivity index (χ1v) is 17.0. The van der Waals surface area contributed by atoms with Gasteiger partial charge in [0.15, 0.2) is 0 Å². The molecule has 4 aromatic heterocycles. The lowest BCUT2D eigenvalue weighted by Crippen LogP contribution is -2.29. The fraction of sp³-hybridized carbons (Fsp3) is 0.368. The largest absolute Gasteiger partial charge is 0.492 e. The molecule has 47 heavy (non-hydrogen) atoms. The maximum atomic E-state index is 13.1. The van der Waals surface area contributed by atoms with Crippen LogP contribution in [0.3, 0.4) is 0 Å². The van der Waals surface area contributed by atoms with E-state index < -0.39 is 0 Å². The van der Waals surface area contributed by atoms with E-state index in [0.29, 0.717) is 40.2 Å². The predicted octanol–water partition coefficient (Wildman–Crippen LogP) is 7.33. The van der Waals surface area contributed by atoms with Crippen molar-refractivity contribution in [3.63, 3.8) is 0 Å². The number of hydrogen-bond acceptors (Lipinski definition) is 6. The SMILES string of the molecule is CC(C)C[C@H](N)COc1ccc2c3ccncc3c(=O)n(CC3CC3)c2c1.O=c1c2cnccc2c2ccc(Cl)cc2n1CC1CC1. The van der Waals surface area contributed by atoms with Crippen molar-refractivity contribution in [2.75, 3.05) is 6.61 Å². The van der Waals surface area contributed by atoms with E-state index in [1.54, 1.807) is 24.8 Å². The van der Waals surface area contributed by atoms with Crippen molar-refractivity contribution in [1.29, 1.82) is 0 Å². The predicted molar refractivity (Wildman–Crippen MR) is 190 cm³/mol. The van der Waals surface area contributed by atoms with Gasteiger partial charge in [-0.1, -0.05) is 31.5 Å². The number of pyridine rings is 4. The van der Waals surface area contributed by atoms with Crippen LogP contribution in [-0.2, 0) is 13.1 Å². The Morgan fingerprint density at radius 3 is 1.83 bits per heavy atom. The third-order valence-electron chi connectivity index (χ3n) is 9.20. The van der Waals surface area contributed by atoms with Gasteiger partial charge in [-0.15, -0.1) is 0 Å². The Bertz CT molecular complexity index is 2220. The van der Waals surface area contributed by atoms with E-state index in [1.165, 1.54) is 25.7 Å². The summed E-state index contributed by atoms with van der Waals surface area (Å²) in [6.07, 6.45) is 12.5. The van der Waals surface area contributed by atoms with E-state index in [4.69, 9.17) is 22.1 Å². The van der Waals surface area contributed by atoms with Gasteiger partial charge in [-0.2, -0.15) is 0 Å². The molecular formula is C38H40ClN5O3. The van der Waals surface area contributed by atoms with Gasteiger partial charge in [-0.05, 0) is 97.0 Å². The first kappa shape index (κ1) is 31.3. The molecule has 2 N–H and O–H groups in total. The topological polar surface area (TPSA) is 105 Å². The van der Waals surface area contributed by atoms with Crippen LogP contribution < -0.4 is 21.6 Å². The molecule has 8 rings (SSSR count). The molecule has 4 heterocycles. The minimum Gasteiger partial charge on any atom is -0.492 e. The molecule has 8 nitrogen and oxygen atoms in total. The molecule has 9 heteroatoms. The van der Waals surface area contributed by atoms with Gasteiger partial charge in [0.05, 0.1) is 21.8 Å². The number of nitrogens with zero attached hydrogens (tertiary/aromatic N) is 4. The smallest absolute Gasteiger partial charge is 0.260 e. The molecular weight excluding hydrogens is 610 g/mol. The molecule has 2 aliphatic rings. The zero-order chi connectivity index (χ0) is 32.7. The summed E-state index contributed by atoms with van der Waals surface area (Å²) >= 11 is 6.12. The summed E-state index contributed by atoms with van der Waals surface area (Å²) < 4.78 is 9.72. The number of fused-ring (bicyclic) bond motifs is 6. The van der Waals surface area contributed by atoms with Crippen molar-refractivity contribution in [2.24, 2.45) is 23.5 Å². The van der Waals surface area contributed by atoms with E-state index in [-0.39, 0.29) is 17.2 Å². The van der Waals surface area contributed by atoms with Gasteiger partial charge in [-0.3, -0.25) is 19.6 Å². The van der Waals surface area contributed by atoms with Gasteiger partial charge < -0.3 is 19.6 Å². The Morgan fingerprint density at radius 2 is 1.30 bits per heavy atom. The molecule has 0 spiro atoms. The summed E-state index contributed by atoms with van der Waals surface area (Å²) in [6.45, 7) is 6.34. The van der Waals surface area contributed by atoms with Crippen molar-refractivity contribution < 1.29 is 4.74 Å². The quantitative estimate of drug-likeness (QED) is 0.165. The van der Waals surface area contributed by atoms with Gasteiger partial charge in [0.2, 0.25) is 0 Å². The summed E-state index contributed by atoms with van der Waals surface area (Å²) in [4.78, 5) is 34.0. The third-order valence-corrected chi connectivity index (χ3v) is 9.43. The van der Waals surface area contributed by atoms with Crippen molar-refractivity contribution in [3.05, 3.63) is 99.0 Å². The van der Waals surface area contributed by atoms with Gasteiger partial charge in [0.1, 0.15) is 12.4 Å². The highest BCUT2D eigenvalue weighted by molar-refractivity contribution is 6.31. The second kappa shape index (κ2) is 13.1. The molecule has 0 saturated heterocycles. The second-order valence-corrected chi connectivity index (χ2v) is 14.0. The highest BCUT2D eigenvalue weighted by Gasteiger charge is 2.25. The van der Waals surface area contributed by atoms with Gasteiger partial charge in [0.25, 0.3) is 11.1 Å². The van der Waals surface area contributed by atoms with Crippen molar-refractivity contribution in [2.45, 2.75) is 65.1 Å². The number of aromatic nitrogens is 4. The van der Waals surface area contributed by atoms with Crippen molar-refractivity contribution in [1.82, 2.24) is 19.1 Å². The monoisotopic (exact) mass is 649 g/mol. The highest BCUT2D eigenvalue weighted by atomic mass is 35.5. The van der Waals surface area contributed by atoms with Crippen LogP contribution in [-0.4, -0.2) is 31.8 Å². The van der Waals surface area contributed by atoms with Crippen molar-refractivity contribution in [3.8, 4) is 5.75 Å². The average molecular weight is 650 g/mol. The Balaban J connectivity index is 0.000000156. The minimum absolute atomic E-state index is 0.0111. The van der Waals surface area contributed by atoms with Crippen LogP contribution in [0.25, 0.3) is 43.4 Å². The number of benzene rings is 2. The Kier molecular flexibility index (Phi) is 8.73. The standard InChI is InChI=1S/C22H27N3O2.C16H13ClN2O/c1-14(2)9-16(23)13-27-17-5-6-19-18-7-8-24-11-20(18)22(26)25(21(19)10-17)12-15-3-4-15;17-11-3-4-13-12-5-6-18-8-14(12)16(20)19(15(13)7-11)9-10-1-2-10/h5-8,10-11,14-16H,3-4,9,12-13,23H2,1-2H3;3-8,10H,1-2,9H2/t16-;/m0./s1. The zero-order valence-electron chi connectivity index (χ0n) is 26.9. The lowest BCUT2D eigenvalue weighted by atomic mass is 10.1. The maximum absolute atomic E-state index is 13.1. The molecule has 0 aliphatic heterocycles. The lowest BCUT2D eigenvalue weighted by Gasteiger charge is -2.17. The number of rotatable bonds is 9. The first-order chi connectivity index (χ1) is 22.8. The van der Waals surface area contributed by atoms with Gasteiger partial charge in [-0.25, -0.2) is 0 Å². The van der Waals surface area contributed by atoms with Crippen LogP contribution in [0.5, 0.6) is 5.75 Å². The molecule has 0 amide bonds. The molecule has 2 aliphatic carbocycles. The van der Waals surface area contributed by atoms with Gasteiger partial charge >= 0.3 is 0 Å². The number of nitrogens with two attached hydrogens (primary N) is 1. The van der Waals surface area contributed by atoms with Crippen LogP contribution in [0, 0.1) is 17.8 Å². The zero-order valence-corrected chi connectivity index (χ0v) is 27.6. The third kappa shape index (κ3) is 6.76. The van der Waals surface area contributed by atoms with E-state index in [9.17, 15) is 9.59 Å². The second-order valence-electron chi connectivity index (χ2n) is 13.6. The van der Waals surface area contributed by atoms with Crippen LogP contribution in [0.4, 0.5) is 0 Å². The normalized spacial score (nSPS) is 15.3. The maximum Gasteiger partial charge on any atom is 0.260 e. The van der Waals surface area contributed by atoms with Crippen LogP contribution in [0.2, 0.25) is 5.02 Å². The summed E-state index contributed by atoms with van der Waals surface area (Å²) in [5.74, 6) is 2.54. The summed E-state index contributed by atoms with van der Waals surface area (Å²) in [7, 11) is 0. The van der Waals surface area contributed by atoms with Crippen LogP contribution >= 0.6 is 11.6 Å². The summed E-state index contributed by atoms with van der Waals surface area (Å²) in [5.41, 5.74) is 8.08. The molecule has 0 unspecified atom stereocenters. The molecule has 2 fully saturated rings. The van der Waals surface area contributed by atoms with E-state index >= 15 is 0 Å². The van der Waals surface area contributed by atoms with E-state index in [2.05, 4.69) is 23.8 Å². The molecule has 2 saturated carbocycles. The Labute approximate surface area is 278 Å².